The van der Waals surface area contributed by atoms with Gasteiger partial charge in [-0.1, -0.05) is 0 Å². The van der Waals surface area contributed by atoms with Crippen LogP contribution in [0.2, 0.25) is 0 Å². The SMILES string of the molecule is Cc1nnc(Sc2ncc(CO)cn2)o1. The Morgan fingerprint density at radius 1 is 1.33 bits per heavy atom. The molecule has 0 bridgehead atoms. The largest absolute Gasteiger partial charge is 0.416 e. The summed E-state index contributed by atoms with van der Waals surface area (Å²) in [6, 6.07) is 0. The molecule has 78 valence electrons. The zero-order valence-corrected chi connectivity index (χ0v) is 8.73. The Hall–Kier alpha value is -1.47. The summed E-state index contributed by atoms with van der Waals surface area (Å²) < 4.78 is 5.16. The Bertz CT molecular complexity index is 442. The first-order valence-electron chi connectivity index (χ1n) is 4.17. The van der Waals surface area contributed by atoms with Gasteiger partial charge in [-0.05, 0) is 0 Å². The number of aliphatic hydroxyl groups excluding tert-OH is 1. The lowest BCUT2D eigenvalue weighted by Crippen LogP contribution is -1.90. The normalized spacial score (nSPS) is 10.5. The molecule has 0 fully saturated rings. The average Bonchev–Trinajstić information content (AvgIpc) is 2.65. The molecule has 7 heteroatoms. The Balaban J connectivity index is 2.11. The quantitative estimate of drug-likeness (QED) is 0.772. The number of aryl methyl sites for hydroxylation is 1. The molecule has 0 spiro atoms. The average molecular weight is 224 g/mol. The van der Waals surface area contributed by atoms with E-state index in [9.17, 15) is 0 Å². The summed E-state index contributed by atoms with van der Waals surface area (Å²) in [4.78, 5) is 8.04. The second-order valence-electron chi connectivity index (χ2n) is 2.72. The highest BCUT2D eigenvalue weighted by atomic mass is 32.2. The van der Waals surface area contributed by atoms with Crippen LogP contribution in [-0.4, -0.2) is 25.3 Å². The minimum Gasteiger partial charge on any atom is -0.416 e. The van der Waals surface area contributed by atoms with Crippen molar-refractivity contribution in [2.45, 2.75) is 23.9 Å². The van der Waals surface area contributed by atoms with Crippen LogP contribution in [0.15, 0.2) is 27.2 Å². The Morgan fingerprint density at radius 3 is 2.60 bits per heavy atom. The van der Waals surface area contributed by atoms with E-state index in [2.05, 4.69) is 20.2 Å². The van der Waals surface area contributed by atoms with Crippen LogP contribution in [0.25, 0.3) is 0 Å². The third-order valence-electron chi connectivity index (χ3n) is 1.55. The molecule has 0 radical (unpaired) electrons. The molecule has 0 atom stereocenters. The molecule has 0 saturated heterocycles. The van der Waals surface area contributed by atoms with E-state index < -0.39 is 0 Å². The van der Waals surface area contributed by atoms with Gasteiger partial charge < -0.3 is 9.52 Å². The zero-order chi connectivity index (χ0) is 10.7. The summed E-state index contributed by atoms with van der Waals surface area (Å²) in [7, 11) is 0. The van der Waals surface area contributed by atoms with Crippen LogP contribution in [0, 0.1) is 6.92 Å². The van der Waals surface area contributed by atoms with Crippen molar-refractivity contribution in [3.63, 3.8) is 0 Å². The molecule has 2 rings (SSSR count). The lowest BCUT2D eigenvalue weighted by molar-refractivity contribution is 0.280. The summed E-state index contributed by atoms with van der Waals surface area (Å²) in [5.74, 6) is 0.504. The fourth-order valence-corrected chi connectivity index (χ4v) is 1.49. The van der Waals surface area contributed by atoms with E-state index in [0.717, 1.165) is 0 Å². The molecule has 0 aliphatic rings. The summed E-state index contributed by atoms with van der Waals surface area (Å²) >= 11 is 1.18. The van der Waals surface area contributed by atoms with Crippen LogP contribution < -0.4 is 0 Å². The lowest BCUT2D eigenvalue weighted by Gasteiger charge is -1.96. The van der Waals surface area contributed by atoms with Crippen LogP contribution in [0.1, 0.15) is 11.5 Å². The molecule has 2 aromatic rings. The number of rotatable bonds is 3. The highest BCUT2D eigenvalue weighted by Gasteiger charge is 2.06. The van der Waals surface area contributed by atoms with E-state index in [0.29, 0.717) is 21.8 Å². The molecule has 0 unspecified atom stereocenters. The second-order valence-corrected chi connectivity index (χ2v) is 3.64. The lowest BCUT2D eigenvalue weighted by atomic mass is 10.4. The Kier molecular flexibility index (Phi) is 2.93. The van der Waals surface area contributed by atoms with Crippen LogP contribution in [0.4, 0.5) is 0 Å². The maximum atomic E-state index is 8.79. The van der Waals surface area contributed by atoms with Crippen molar-refractivity contribution in [3.8, 4) is 0 Å². The molecule has 2 heterocycles. The van der Waals surface area contributed by atoms with Gasteiger partial charge in [-0.15, -0.1) is 10.2 Å². The van der Waals surface area contributed by atoms with E-state index in [1.807, 2.05) is 0 Å². The van der Waals surface area contributed by atoms with Gasteiger partial charge in [0.1, 0.15) is 0 Å². The minimum absolute atomic E-state index is 0.0649. The van der Waals surface area contributed by atoms with Crippen molar-refractivity contribution in [1.82, 2.24) is 20.2 Å². The van der Waals surface area contributed by atoms with Gasteiger partial charge >= 0.3 is 0 Å². The minimum atomic E-state index is -0.0649. The van der Waals surface area contributed by atoms with Crippen LogP contribution in [0.3, 0.4) is 0 Å². The van der Waals surface area contributed by atoms with Gasteiger partial charge in [0.05, 0.1) is 6.61 Å². The Morgan fingerprint density at radius 2 is 2.07 bits per heavy atom. The fourth-order valence-electron chi connectivity index (χ4n) is 0.875. The van der Waals surface area contributed by atoms with Crippen LogP contribution in [-0.2, 0) is 6.61 Å². The highest BCUT2D eigenvalue weighted by Crippen LogP contribution is 2.22. The van der Waals surface area contributed by atoms with Crippen LogP contribution >= 0.6 is 11.8 Å². The smallest absolute Gasteiger partial charge is 0.284 e. The molecule has 0 amide bonds. The van der Waals surface area contributed by atoms with E-state index in [1.165, 1.54) is 11.8 Å². The maximum absolute atomic E-state index is 8.79. The molecular formula is C8H8N4O2S. The third-order valence-corrected chi connectivity index (χ3v) is 2.28. The summed E-state index contributed by atoms with van der Waals surface area (Å²) in [5, 5.41) is 17.2. The molecule has 2 aromatic heterocycles. The topological polar surface area (TPSA) is 84.9 Å². The molecule has 0 saturated carbocycles. The molecule has 15 heavy (non-hydrogen) atoms. The predicted octanol–water partition coefficient (Wildman–Crippen LogP) is 0.812. The van der Waals surface area contributed by atoms with E-state index in [-0.39, 0.29) is 6.61 Å². The van der Waals surface area contributed by atoms with Crippen molar-refractivity contribution in [1.29, 1.82) is 0 Å². The zero-order valence-electron chi connectivity index (χ0n) is 7.91. The van der Waals surface area contributed by atoms with Gasteiger partial charge in [-0.2, -0.15) is 0 Å². The van der Waals surface area contributed by atoms with Gasteiger partial charge in [-0.3, -0.25) is 0 Å². The monoisotopic (exact) mass is 224 g/mol. The van der Waals surface area contributed by atoms with Gasteiger partial charge in [-0.25, -0.2) is 9.97 Å². The number of nitrogens with zero attached hydrogens (tertiary/aromatic N) is 4. The first-order valence-corrected chi connectivity index (χ1v) is 4.99. The van der Waals surface area contributed by atoms with Crippen molar-refractivity contribution in [2.24, 2.45) is 0 Å². The van der Waals surface area contributed by atoms with Crippen molar-refractivity contribution >= 4 is 11.8 Å². The highest BCUT2D eigenvalue weighted by molar-refractivity contribution is 7.98. The Labute approximate surface area is 89.8 Å². The number of aromatic nitrogens is 4. The number of aliphatic hydroxyl groups is 1. The summed E-state index contributed by atoms with van der Waals surface area (Å²) in [6.45, 7) is 1.65. The molecule has 6 nitrogen and oxygen atoms in total. The second kappa shape index (κ2) is 4.37. The predicted molar refractivity (Wildman–Crippen MR) is 51.1 cm³/mol. The van der Waals surface area contributed by atoms with Crippen LogP contribution in [0.5, 0.6) is 0 Å². The third kappa shape index (κ3) is 2.51. The number of hydrogen-bond donors (Lipinski definition) is 1. The van der Waals surface area contributed by atoms with Gasteiger partial charge in [0.25, 0.3) is 5.22 Å². The standard InChI is InChI=1S/C8H8N4O2S/c1-5-11-12-8(14-5)15-7-9-2-6(4-13)3-10-7/h2-3,13H,4H2,1H3. The molecule has 1 N–H and O–H groups in total. The van der Waals surface area contributed by atoms with E-state index in [4.69, 9.17) is 9.52 Å². The number of hydrogen-bond acceptors (Lipinski definition) is 7. The van der Waals surface area contributed by atoms with Gasteiger partial charge in [0.15, 0.2) is 5.16 Å². The first-order chi connectivity index (χ1) is 7.28. The molecule has 0 aliphatic heterocycles. The molecule has 0 aliphatic carbocycles. The first kappa shape index (κ1) is 10.1. The van der Waals surface area contributed by atoms with E-state index >= 15 is 0 Å². The summed E-state index contributed by atoms with van der Waals surface area (Å²) in [5.41, 5.74) is 0.668. The summed E-state index contributed by atoms with van der Waals surface area (Å²) in [6.07, 6.45) is 3.11. The molecular weight excluding hydrogens is 216 g/mol. The van der Waals surface area contributed by atoms with Crippen molar-refractivity contribution < 1.29 is 9.52 Å². The van der Waals surface area contributed by atoms with E-state index in [1.54, 1.807) is 19.3 Å². The van der Waals surface area contributed by atoms with Gasteiger partial charge in [0.2, 0.25) is 5.89 Å². The van der Waals surface area contributed by atoms with Crippen molar-refractivity contribution in [3.05, 3.63) is 23.8 Å². The maximum Gasteiger partial charge on any atom is 0.284 e. The van der Waals surface area contributed by atoms with Crippen molar-refractivity contribution in [2.75, 3.05) is 0 Å². The molecule has 0 aromatic carbocycles. The fraction of sp³-hybridized carbons (Fsp3) is 0.250. The van der Waals surface area contributed by atoms with Gasteiger partial charge in [0, 0.05) is 36.6 Å².